The van der Waals surface area contributed by atoms with Gasteiger partial charge in [-0.2, -0.15) is 0 Å². The van der Waals surface area contributed by atoms with Crippen molar-refractivity contribution in [1.82, 2.24) is 5.32 Å². The molecule has 27 heavy (non-hydrogen) atoms. The second kappa shape index (κ2) is 10.5. The van der Waals surface area contributed by atoms with Crippen LogP contribution < -0.4 is 19.7 Å². The van der Waals surface area contributed by atoms with E-state index in [9.17, 15) is 4.79 Å². The Morgan fingerprint density at radius 2 is 1.85 bits per heavy atom. The van der Waals surface area contributed by atoms with Crippen LogP contribution >= 0.6 is 0 Å². The molecule has 0 saturated heterocycles. The molecule has 1 amide bonds. The van der Waals surface area contributed by atoms with Gasteiger partial charge < -0.3 is 19.7 Å². The Morgan fingerprint density at radius 1 is 1.07 bits per heavy atom. The molecular formula is C22H30N2O3. The molecule has 0 saturated carbocycles. The quantitative estimate of drug-likeness (QED) is 0.694. The number of anilines is 1. The van der Waals surface area contributed by atoms with E-state index < -0.39 is 0 Å². The number of benzene rings is 2. The molecule has 2 rings (SSSR count). The number of hydrogen-bond donors (Lipinski definition) is 1. The van der Waals surface area contributed by atoms with Crippen molar-refractivity contribution in [1.29, 1.82) is 0 Å². The average molecular weight is 370 g/mol. The molecule has 0 radical (unpaired) electrons. The van der Waals surface area contributed by atoms with Gasteiger partial charge in [0.2, 0.25) is 5.91 Å². The third-order valence-corrected chi connectivity index (χ3v) is 4.54. The van der Waals surface area contributed by atoms with Crippen molar-refractivity contribution < 1.29 is 14.3 Å². The van der Waals surface area contributed by atoms with Gasteiger partial charge in [-0.3, -0.25) is 4.79 Å². The van der Waals surface area contributed by atoms with Crippen LogP contribution in [0.4, 0.5) is 5.69 Å². The molecule has 0 bridgehead atoms. The molecule has 1 N–H and O–H groups in total. The van der Waals surface area contributed by atoms with Crippen molar-refractivity contribution in [2.45, 2.75) is 26.7 Å². The highest BCUT2D eigenvalue weighted by Crippen LogP contribution is 2.27. The minimum atomic E-state index is 0.0709. The number of hydrogen-bond acceptors (Lipinski definition) is 4. The SMILES string of the molecule is CCN(CCC(=O)NCCc1ccc(OC)c(OC)c1)c1cccc(C)c1. The van der Waals surface area contributed by atoms with E-state index in [2.05, 4.69) is 48.3 Å². The van der Waals surface area contributed by atoms with Gasteiger partial charge in [0.15, 0.2) is 11.5 Å². The molecule has 0 aliphatic carbocycles. The van der Waals surface area contributed by atoms with Crippen molar-refractivity contribution in [2.75, 3.05) is 38.8 Å². The fourth-order valence-electron chi connectivity index (χ4n) is 3.00. The van der Waals surface area contributed by atoms with Gasteiger partial charge in [0.05, 0.1) is 14.2 Å². The maximum atomic E-state index is 12.2. The van der Waals surface area contributed by atoms with Gasteiger partial charge in [0.25, 0.3) is 0 Å². The summed E-state index contributed by atoms with van der Waals surface area (Å²) in [4.78, 5) is 14.4. The molecule has 0 heterocycles. The molecule has 2 aromatic rings. The summed E-state index contributed by atoms with van der Waals surface area (Å²) in [5.41, 5.74) is 3.49. The van der Waals surface area contributed by atoms with Gasteiger partial charge in [-0.1, -0.05) is 18.2 Å². The van der Waals surface area contributed by atoms with Gasteiger partial charge in [0, 0.05) is 31.7 Å². The molecule has 0 spiro atoms. The molecule has 0 aliphatic heterocycles. The first-order valence-electron chi connectivity index (χ1n) is 9.36. The molecule has 0 aliphatic rings. The van der Waals surface area contributed by atoms with Crippen LogP contribution in [0.15, 0.2) is 42.5 Å². The topological polar surface area (TPSA) is 50.8 Å². The smallest absolute Gasteiger partial charge is 0.221 e. The summed E-state index contributed by atoms with van der Waals surface area (Å²) in [7, 11) is 3.24. The summed E-state index contributed by atoms with van der Waals surface area (Å²) >= 11 is 0. The lowest BCUT2D eigenvalue weighted by atomic mass is 10.1. The Balaban J connectivity index is 1.79. The first kappa shape index (κ1) is 20.6. The lowest BCUT2D eigenvalue weighted by molar-refractivity contribution is -0.120. The second-order valence-electron chi connectivity index (χ2n) is 6.46. The van der Waals surface area contributed by atoms with E-state index >= 15 is 0 Å². The van der Waals surface area contributed by atoms with E-state index in [1.807, 2.05) is 18.2 Å². The van der Waals surface area contributed by atoms with Crippen LogP contribution in [0.2, 0.25) is 0 Å². The first-order chi connectivity index (χ1) is 13.1. The minimum absolute atomic E-state index is 0.0709. The molecule has 2 aromatic carbocycles. The third-order valence-electron chi connectivity index (χ3n) is 4.54. The van der Waals surface area contributed by atoms with Crippen molar-refractivity contribution in [2.24, 2.45) is 0 Å². The lowest BCUT2D eigenvalue weighted by Crippen LogP contribution is -2.31. The predicted molar refractivity (Wildman–Crippen MR) is 110 cm³/mol. The average Bonchev–Trinajstić information content (AvgIpc) is 2.68. The Hall–Kier alpha value is -2.69. The van der Waals surface area contributed by atoms with E-state index in [0.717, 1.165) is 24.2 Å². The van der Waals surface area contributed by atoms with Crippen LogP contribution in [0.25, 0.3) is 0 Å². The zero-order valence-electron chi connectivity index (χ0n) is 16.7. The highest BCUT2D eigenvalue weighted by Gasteiger charge is 2.09. The van der Waals surface area contributed by atoms with Crippen molar-refractivity contribution >= 4 is 11.6 Å². The number of nitrogens with zero attached hydrogens (tertiary/aromatic N) is 1. The fraction of sp³-hybridized carbons (Fsp3) is 0.409. The number of rotatable bonds is 10. The first-order valence-corrected chi connectivity index (χ1v) is 9.36. The van der Waals surface area contributed by atoms with Crippen LogP contribution in [0.1, 0.15) is 24.5 Å². The molecule has 0 fully saturated rings. The van der Waals surface area contributed by atoms with E-state index in [4.69, 9.17) is 9.47 Å². The number of nitrogens with one attached hydrogen (secondary N) is 1. The number of ether oxygens (including phenoxy) is 2. The maximum Gasteiger partial charge on any atom is 0.221 e. The second-order valence-corrected chi connectivity index (χ2v) is 6.46. The summed E-state index contributed by atoms with van der Waals surface area (Å²) in [5.74, 6) is 1.49. The van der Waals surface area contributed by atoms with Crippen LogP contribution in [-0.2, 0) is 11.2 Å². The van der Waals surface area contributed by atoms with Crippen LogP contribution in [0.3, 0.4) is 0 Å². The minimum Gasteiger partial charge on any atom is -0.493 e. The zero-order chi connectivity index (χ0) is 19.6. The Labute approximate surface area is 162 Å². The van der Waals surface area contributed by atoms with E-state index in [0.29, 0.717) is 31.0 Å². The number of carbonyl (C=O) groups is 1. The summed E-state index contributed by atoms with van der Waals surface area (Å²) in [6.07, 6.45) is 1.23. The normalized spacial score (nSPS) is 10.4. The monoisotopic (exact) mass is 370 g/mol. The van der Waals surface area contributed by atoms with Gasteiger partial charge in [-0.05, 0) is 55.7 Å². The van der Waals surface area contributed by atoms with Gasteiger partial charge in [-0.25, -0.2) is 0 Å². The number of amides is 1. The molecule has 146 valence electrons. The summed E-state index contributed by atoms with van der Waals surface area (Å²) in [6.45, 7) is 6.38. The van der Waals surface area contributed by atoms with Crippen molar-refractivity contribution in [3.05, 3.63) is 53.6 Å². The van der Waals surface area contributed by atoms with E-state index in [1.165, 1.54) is 5.56 Å². The number of methoxy groups -OCH3 is 2. The summed E-state index contributed by atoms with van der Waals surface area (Å²) in [5, 5.41) is 3.00. The molecular weight excluding hydrogens is 340 g/mol. The number of carbonyl (C=O) groups excluding carboxylic acids is 1. The van der Waals surface area contributed by atoms with Crippen molar-refractivity contribution in [3.8, 4) is 11.5 Å². The highest BCUT2D eigenvalue weighted by molar-refractivity contribution is 5.76. The lowest BCUT2D eigenvalue weighted by Gasteiger charge is -2.23. The van der Waals surface area contributed by atoms with Gasteiger partial charge >= 0.3 is 0 Å². The van der Waals surface area contributed by atoms with Gasteiger partial charge in [-0.15, -0.1) is 0 Å². The largest absolute Gasteiger partial charge is 0.493 e. The van der Waals surface area contributed by atoms with E-state index in [-0.39, 0.29) is 5.91 Å². The number of aryl methyl sites for hydroxylation is 1. The third kappa shape index (κ3) is 6.20. The van der Waals surface area contributed by atoms with Crippen LogP contribution in [-0.4, -0.2) is 39.8 Å². The Kier molecular flexibility index (Phi) is 7.99. The molecule has 0 atom stereocenters. The standard InChI is InChI=1S/C22H30N2O3/c1-5-24(19-8-6-7-17(2)15-19)14-12-22(25)23-13-11-18-9-10-20(26-3)21(16-18)27-4/h6-10,15-16H,5,11-14H2,1-4H3,(H,23,25). The highest BCUT2D eigenvalue weighted by atomic mass is 16.5. The molecule has 0 unspecified atom stereocenters. The predicted octanol–water partition coefficient (Wildman–Crippen LogP) is 3.59. The summed E-state index contributed by atoms with van der Waals surface area (Å²) < 4.78 is 10.6. The maximum absolute atomic E-state index is 12.2. The molecule has 0 aromatic heterocycles. The van der Waals surface area contributed by atoms with Crippen LogP contribution in [0.5, 0.6) is 11.5 Å². The van der Waals surface area contributed by atoms with E-state index in [1.54, 1.807) is 14.2 Å². The van der Waals surface area contributed by atoms with Gasteiger partial charge in [0.1, 0.15) is 0 Å². The Morgan fingerprint density at radius 3 is 2.52 bits per heavy atom. The fourth-order valence-corrected chi connectivity index (χ4v) is 3.00. The van der Waals surface area contributed by atoms with Crippen LogP contribution in [0, 0.1) is 6.92 Å². The molecule has 5 heteroatoms. The molecule has 5 nitrogen and oxygen atoms in total. The Bertz CT molecular complexity index is 746. The zero-order valence-corrected chi connectivity index (χ0v) is 16.7. The summed E-state index contributed by atoms with van der Waals surface area (Å²) in [6, 6.07) is 14.2. The van der Waals surface area contributed by atoms with Crippen molar-refractivity contribution in [3.63, 3.8) is 0 Å².